The van der Waals surface area contributed by atoms with Crippen molar-refractivity contribution in [1.82, 2.24) is 19.9 Å². The Balaban J connectivity index is 1.62. The molecule has 2 aromatic heterocycles. The Morgan fingerprint density at radius 1 is 0.941 bits per heavy atom. The number of rotatable bonds is 8. The number of carbonyl (C=O) groups excluding carboxylic acids is 1. The molecule has 10 nitrogen and oxygen atoms in total. The molecule has 0 saturated carbocycles. The van der Waals surface area contributed by atoms with Gasteiger partial charge >= 0.3 is 0 Å². The first-order valence-electron chi connectivity index (χ1n) is 10.4. The lowest BCUT2D eigenvalue weighted by atomic mass is 10.2. The molecule has 1 amide bonds. The third-order valence-corrected chi connectivity index (χ3v) is 5.20. The SMILES string of the molecule is CNC(=O)c1cc(Oc2ccc3c(c2)nc(Nc2cc(OC)c(OC)c(OC)c2)n3C)ccn1. The van der Waals surface area contributed by atoms with Gasteiger partial charge in [-0.1, -0.05) is 0 Å². The van der Waals surface area contributed by atoms with Crippen molar-refractivity contribution in [2.75, 3.05) is 33.7 Å². The van der Waals surface area contributed by atoms with Gasteiger partial charge in [0, 0.05) is 50.2 Å². The van der Waals surface area contributed by atoms with Gasteiger partial charge < -0.3 is 34.1 Å². The maximum Gasteiger partial charge on any atom is 0.269 e. The van der Waals surface area contributed by atoms with Gasteiger partial charge in [0.05, 0.1) is 32.4 Å². The molecule has 2 aromatic carbocycles. The summed E-state index contributed by atoms with van der Waals surface area (Å²) in [6.07, 6.45) is 1.53. The largest absolute Gasteiger partial charge is 0.493 e. The Bertz CT molecular complexity index is 1330. The average Bonchev–Trinajstić information content (AvgIpc) is 3.17. The van der Waals surface area contributed by atoms with E-state index >= 15 is 0 Å². The smallest absolute Gasteiger partial charge is 0.269 e. The summed E-state index contributed by atoms with van der Waals surface area (Å²) in [5, 5.41) is 5.85. The van der Waals surface area contributed by atoms with Crippen LogP contribution < -0.4 is 29.6 Å². The second kappa shape index (κ2) is 9.57. The number of aryl methyl sites for hydroxylation is 1. The molecule has 0 bridgehead atoms. The zero-order chi connectivity index (χ0) is 24.2. The number of hydrogen-bond donors (Lipinski definition) is 2. The normalized spacial score (nSPS) is 10.6. The minimum absolute atomic E-state index is 0.274. The van der Waals surface area contributed by atoms with Gasteiger partial charge in [0.2, 0.25) is 11.7 Å². The average molecular weight is 463 g/mol. The zero-order valence-corrected chi connectivity index (χ0v) is 19.5. The van der Waals surface area contributed by atoms with Crippen molar-refractivity contribution >= 4 is 28.6 Å². The summed E-state index contributed by atoms with van der Waals surface area (Å²) in [4.78, 5) is 20.6. The van der Waals surface area contributed by atoms with Gasteiger partial charge in [-0.15, -0.1) is 0 Å². The van der Waals surface area contributed by atoms with Crippen molar-refractivity contribution in [3.63, 3.8) is 0 Å². The fourth-order valence-electron chi connectivity index (χ4n) is 3.50. The van der Waals surface area contributed by atoms with Crippen molar-refractivity contribution in [2.24, 2.45) is 7.05 Å². The van der Waals surface area contributed by atoms with E-state index in [1.54, 1.807) is 40.5 Å². The van der Waals surface area contributed by atoms with Crippen LogP contribution in [-0.4, -0.2) is 48.8 Å². The van der Waals surface area contributed by atoms with Crippen LogP contribution in [0.3, 0.4) is 0 Å². The number of nitrogens with zero attached hydrogens (tertiary/aromatic N) is 3. The lowest BCUT2D eigenvalue weighted by molar-refractivity contribution is 0.0958. The summed E-state index contributed by atoms with van der Waals surface area (Å²) >= 11 is 0. The fraction of sp³-hybridized carbons (Fsp3) is 0.208. The number of ether oxygens (including phenoxy) is 4. The van der Waals surface area contributed by atoms with Gasteiger partial charge in [0.25, 0.3) is 5.91 Å². The minimum Gasteiger partial charge on any atom is -0.493 e. The highest BCUT2D eigenvalue weighted by Crippen LogP contribution is 2.40. The van der Waals surface area contributed by atoms with Crippen LogP contribution in [0.4, 0.5) is 11.6 Å². The second-order valence-corrected chi connectivity index (χ2v) is 7.24. The third kappa shape index (κ3) is 4.38. The van der Waals surface area contributed by atoms with E-state index in [9.17, 15) is 4.79 Å². The Morgan fingerprint density at radius 2 is 1.65 bits per heavy atom. The Labute approximate surface area is 196 Å². The number of aromatic nitrogens is 3. The molecule has 2 heterocycles. The van der Waals surface area contributed by atoms with Crippen LogP contribution in [0.25, 0.3) is 11.0 Å². The molecular weight excluding hydrogens is 438 g/mol. The predicted octanol–water partition coefficient (Wildman–Crippen LogP) is 3.89. The fourth-order valence-corrected chi connectivity index (χ4v) is 3.50. The van der Waals surface area contributed by atoms with Crippen molar-refractivity contribution in [1.29, 1.82) is 0 Å². The summed E-state index contributed by atoms with van der Waals surface area (Å²) in [5.74, 6) is 3.00. The highest BCUT2D eigenvalue weighted by Gasteiger charge is 2.16. The molecule has 0 radical (unpaired) electrons. The van der Waals surface area contributed by atoms with Crippen LogP contribution in [0.1, 0.15) is 10.5 Å². The first kappa shape index (κ1) is 22.7. The lowest BCUT2D eigenvalue weighted by Gasteiger charge is -2.15. The molecule has 176 valence electrons. The molecule has 4 aromatic rings. The molecule has 0 fully saturated rings. The summed E-state index contributed by atoms with van der Waals surface area (Å²) < 4.78 is 24.1. The lowest BCUT2D eigenvalue weighted by Crippen LogP contribution is -2.18. The molecule has 0 spiro atoms. The number of pyridine rings is 1. The molecular formula is C24H25N5O5. The summed E-state index contributed by atoms with van der Waals surface area (Å²) in [6, 6.07) is 12.5. The number of amides is 1. The van der Waals surface area contributed by atoms with E-state index in [2.05, 4.69) is 15.6 Å². The van der Waals surface area contributed by atoms with Gasteiger partial charge in [-0.3, -0.25) is 9.78 Å². The van der Waals surface area contributed by atoms with Crippen LogP contribution in [0, 0.1) is 0 Å². The number of hydrogen-bond acceptors (Lipinski definition) is 8. The van der Waals surface area contributed by atoms with Gasteiger partial charge in [0.1, 0.15) is 17.2 Å². The van der Waals surface area contributed by atoms with E-state index in [4.69, 9.17) is 23.9 Å². The van der Waals surface area contributed by atoms with E-state index in [1.165, 1.54) is 6.20 Å². The summed E-state index contributed by atoms with van der Waals surface area (Å²) in [6.45, 7) is 0. The molecule has 10 heteroatoms. The van der Waals surface area contributed by atoms with Gasteiger partial charge in [-0.25, -0.2) is 4.98 Å². The second-order valence-electron chi connectivity index (χ2n) is 7.24. The van der Waals surface area contributed by atoms with Crippen molar-refractivity contribution in [3.8, 4) is 28.7 Å². The van der Waals surface area contributed by atoms with Gasteiger partial charge in [-0.05, 0) is 18.2 Å². The van der Waals surface area contributed by atoms with Crippen molar-refractivity contribution < 1.29 is 23.7 Å². The maximum absolute atomic E-state index is 11.8. The summed E-state index contributed by atoms with van der Waals surface area (Å²) in [7, 11) is 8.16. The number of fused-ring (bicyclic) bond motifs is 1. The summed E-state index contributed by atoms with van der Waals surface area (Å²) in [5.41, 5.74) is 2.64. The Morgan fingerprint density at radius 3 is 2.29 bits per heavy atom. The minimum atomic E-state index is -0.284. The van der Waals surface area contributed by atoms with Crippen molar-refractivity contribution in [3.05, 3.63) is 54.4 Å². The van der Waals surface area contributed by atoms with Crippen LogP contribution in [0.5, 0.6) is 28.7 Å². The molecule has 0 unspecified atom stereocenters. The van der Waals surface area contributed by atoms with E-state index in [-0.39, 0.29) is 11.6 Å². The van der Waals surface area contributed by atoms with Crippen molar-refractivity contribution in [2.45, 2.75) is 0 Å². The first-order chi connectivity index (χ1) is 16.5. The predicted molar refractivity (Wildman–Crippen MR) is 128 cm³/mol. The van der Waals surface area contributed by atoms with Crippen LogP contribution in [0.2, 0.25) is 0 Å². The highest BCUT2D eigenvalue weighted by molar-refractivity contribution is 5.92. The molecule has 2 N–H and O–H groups in total. The third-order valence-electron chi connectivity index (χ3n) is 5.20. The van der Waals surface area contributed by atoms with Crippen LogP contribution in [0.15, 0.2) is 48.7 Å². The number of anilines is 2. The quantitative estimate of drug-likeness (QED) is 0.405. The monoisotopic (exact) mass is 463 g/mol. The maximum atomic E-state index is 11.8. The molecule has 0 aliphatic carbocycles. The molecule has 34 heavy (non-hydrogen) atoms. The molecule has 0 atom stereocenters. The van der Waals surface area contributed by atoms with Gasteiger partial charge in [0.15, 0.2) is 11.5 Å². The first-order valence-corrected chi connectivity index (χ1v) is 10.4. The zero-order valence-electron chi connectivity index (χ0n) is 19.5. The Hall–Kier alpha value is -4.47. The Kier molecular flexibility index (Phi) is 6.39. The number of nitrogens with one attached hydrogen (secondary N) is 2. The number of methoxy groups -OCH3 is 3. The number of benzene rings is 2. The standard InChI is InChI=1S/C24H25N5O5/c1-25-23(30)18-13-16(8-9-26-18)34-15-6-7-19-17(12-15)28-24(29(19)2)27-14-10-20(31-3)22(33-5)21(11-14)32-4/h6-13H,1-5H3,(H,25,30)(H,27,28). The van der Waals surface area contributed by atoms with Gasteiger partial charge in [-0.2, -0.15) is 0 Å². The number of imidazole rings is 1. The van der Waals surface area contributed by atoms with E-state index in [0.29, 0.717) is 34.7 Å². The molecule has 0 saturated heterocycles. The van der Waals surface area contributed by atoms with Crippen LogP contribution in [-0.2, 0) is 7.05 Å². The highest BCUT2D eigenvalue weighted by atomic mass is 16.5. The van der Waals surface area contributed by atoms with E-state index < -0.39 is 0 Å². The molecule has 0 aliphatic heterocycles. The van der Waals surface area contributed by atoms with E-state index in [1.807, 2.05) is 41.9 Å². The topological polar surface area (TPSA) is 109 Å². The van der Waals surface area contributed by atoms with E-state index in [0.717, 1.165) is 16.7 Å². The number of carbonyl (C=O) groups is 1. The molecule has 4 rings (SSSR count). The molecule has 0 aliphatic rings. The van der Waals surface area contributed by atoms with Crippen LogP contribution >= 0.6 is 0 Å².